The van der Waals surface area contributed by atoms with Crippen LogP contribution < -0.4 is 0 Å². The van der Waals surface area contributed by atoms with Crippen molar-refractivity contribution in [3.8, 4) is 6.07 Å². The summed E-state index contributed by atoms with van der Waals surface area (Å²) < 4.78 is 1.62. The third-order valence-electron chi connectivity index (χ3n) is 1.31. The second kappa shape index (κ2) is 4.01. The van der Waals surface area contributed by atoms with Gasteiger partial charge in [-0.15, -0.1) is 0 Å². The monoisotopic (exact) mass is 335 g/mol. The van der Waals surface area contributed by atoms with E-state index >= 15 is 0 Å². The highest BCUT2D eigenvalue weighted by molar-refractivity contribution is 14.1. The van der Waals surface area contributed by atoms with Gasteiger partial charge < -0.3 is 0 Å². The molecule has 0 bridgehead atoms. The van der Waals surface area contributed by atoms with Crippen LogP contribution in [-0.4, -0.2) is 6.29 Å². The zero-order chi connectivity index (χ0) is 9.14. The van der Waals surface area contributed by atoms with Gasteiger partial charge in [0.25, 0.3) is 0 Å². The van der Waals surface area contributed by atoms with E-state index < -0.39 is 0 Å². The van der Waals surface area contributed by atoms with Crippen LogP contribution in [0.3, 0.4) is 0 Å². The summed E-state index contributed by atoms with van der Waals surface area (Å²) in [5.74, 6) is 0. The van der Waals surface area contributed by atoms with Gasteiger partial charge in [0.05, 0.1) is 11.6 Å². The molecule has 0 unspecified atom stereocenters. The van der Waals surface area contributed by atoms with E-state index in [4.69, 9.17) is 5.26 Å². The molecule has 0 amide bonds. The van der Waals surface area contributed by atoms with Crippen molar-refractivity contribution < 1.29 is 4.79 Å². The maximum absolute atomic E-state index is 10.5. The summed E-state index contributed by atoms with van der Waals surface area (Å²) in [7, 11) is 0. The van der Waals surface area contributed by atoms with Crippen molar-refractivity contribution in [3.05, 3.63) is 31.3 Å². The summed E-state index contributed by atoms with van der Waals surface area (Å²) >= 11 is 5.32. The fourth-order valence-corrected chi connectivity index (χ4v) is 1.73. The lowest BCUT2D eigenvalue weighted by atomic mass is 10.1. The summed E-state index contributed by atoms with van der Waals surface area (Å²) in [4.78, 5) is 10.5. The average molecular weight is 336 g/mol. The number of carbonyl (C=O) groups is 1. The number of nitriles is 1. The van der Waals surface area contributed by atoms with Crippen LogP contribution in [0.5, 0.6) is 0 Å². The minimum absolute atomic E-state index is 0.504. The van der Waals surface area contributed by atoms with Gasteiger partial charge in [-0.25, -0.2) is 0 Å². The number of rotatable bonds is 1. The molecular weight excluding hydrogens is 333 g/mol. The molecule has 0 radical (unpaired) electrons. The van der Waals surface area contributed by atoms with Crippen molar-refractivity contribution in [1.82, 2.24) is 0 Å². The second-order valence-corrected chi connectivity index (χ2v) is 4.05. The first-order valence-electron chi connectivity index (χ1n) is 3.03. The van der Waals surface area contributed by atoms with E-state index in [0.717, 1.165) is 14.3 Å². The molecule has 4 heteroatoms. The molecule has 1 aromatic rings. The Hall–Kier alpha value is -0.410. The summed E-state index contributed by atoms with van der Waals surface area (Å²) in [5, 5.41) is 8.59. The third-order valence-corrected chi connectivity index (χ3v) is 3.79. The lowest BCUT2D eigenvalue weighted by Gasteiger charge is -1.99. The molecule has 0 saturated heterocycles. The van der Waals surface area contributed by atoms with Gasteiger partial charge in [0.1, 0.15) is 0 Å². The molecule has 1 aromatic carbocycles. The Morgan fingerprint density at radius 1 is 1.58 bits per heavy atom. The van der Waals surface area contributed by atoms with Crippen LogP contribution in [0.1, 0.15) is 15.9 Å². The minimum Gasteiger partial charge on any atom is -0.298 e. The number of hydrogen-bond donors (Lipinski definition) is 0. The van der Waals surface area contributed by atoms with Crippen LogP contribution in [0.15, 0.2) is 16.6 Å². The van der Waals surface area contributed by atoms with Crippen LogP contribution in [0.4, 0.5) is 0 Å². The van der Waals surface area contributed by atoms with Crippen LogP contribution in [-0.2, 0) is 0 Å². The first-order valence-corrected chi connectivity index (χ1v) is 4.90. The Morgan fingerprint density at radius 3 is 2.75 bits per heavy atom. The Balaban J connectivity index is 3.41. The molecule has 0 aromatic heterocycles. The van der Waals surface area contributed by atoms with E-state index in [1.807, 2.05) is 6.07 Å². The largest absolute Gasteiger partial charge is 0.298 e. The van der Waals surface area contributed by atoms with Gasteiger partial charge >= 0.3 is 0 Å². The van der Waals surface area contributed by atoms with Crippen molar-refractivity contribution in [3.63, 3.8) is 0 Å². The summed E-state index contributed by atoms with van der Waals surface area (Å²) in [5.41, 5.74) is 1.02. The maximum Gasteiger partial charge on any atom is 0.151 e. The Bertz CT molecular complexity index is 370. The van der Waals surface area contributed by atoms with Gasteiger partial charge in [-0.1, -0.05) is 0 Å². The molecule has 0 aliphatic heterocycles. The molecule has 0 atom stereocenters. The highest BCUT2D eigenvalue weighted by Crippen LogP contribution is 2.23. The van der Waals surface area contributed by atoms with Gasteiger partial charge in [0.2, 0.25) is 0 Å². The fraction of sp³-hybridized carbons (Fsp3) is 0. The van der Waals surface area contributed by atoms with E-state index in [9.17, 15) is 4.79 Å². The van der Waals surface area contributed by atoms with E-state index in [0.29, 0.717) is 11.1 Å². The van der Waals surface area contributed by atoms with Gasteiger partial charge in [-0.05, 0) is 50.7 Å². The van der Waals surface area contributed by atoms with Crippen molar-refractivity contribution in [2.24, 2.45) is 0 Å². The normalized spacial score (nSPS) is 9.08. The fourth-order valence-electron chi connectivity index (χ4n) is 0.761. The molecule has 0 saturated carbocycles. The third kappa shape index (κ3) is 1.84. The number of hydrogen-bond acceptors (Lipinski definition) is 2. The van der Waals surface area contributed by atoms with Crippen molar-refractivity contribution in [1.29, 1.82) is 5.26 Å². The molecule has 0 aliphatic rings. The van der Waals surface area contributed by atoms with Gasteiger partial charge in [-0.2, -0.15) is 5.26 Å². The molecule has 0 N–H and O–H groups in total. The average Bonchev–Trinajstić information content (AvgIpc) is 2.09. The zero-order valence-electron chi connectivity index (χ0n) is 5.84. The number of aldehydes is 1. The van der Waals surface area contributed by atoms with Crippen LogP contribution in [0, 0.1) is 14.9 Å². The molecule has 0 fully saturated rings. The number of nitrogens with zero attached hydrogens (tertiary/aromatic N) is 1. The molecule has 0 aliphatic carbocycles. The predicted octanol–water partition coefficient (Wildman–Crippen LogP) is 2.74. The number of halogens is 2. The van der Waals surface area contributed by atoms with Crippen molar-refractivity contribution >= 4 is 44.8 Å². The van der Waals surface area contributed by atoms with E-state index in [1.54, 1.807) is 12.1 Å². The van der Waals surface area contributed by atoms with Gasteiger partial charge in [0, 0.05) is 13.6 Å². The standard InChI is InChI=1S/C8H3BrINO/c9-8-6(4-12)1-5(3-11)2-7(8)10/h1-2,4H. The molecule has 60 valence electrons. The Kier molecular flexibility index (Phi) is 3.23. The minimum atomic E-state index is 0.504. The first kappa shape index (κ1) is 9.68. The smallest absolute Gasteiger partial charge is 0.151 e. The maximum atomic E-state index is 10.5. The van der Waals surface area contributed by atoms with Crippen molar-refractivity contribution in [2.75, 3.05) is 0 Å². The molecule has 0 spiro atoms. The lowest BCUT2D eigenvalue weighted by Crippen LogP contribution is -1.88. The second-order valence-electron chi connectivity index (χ2n) is 2.09. The van der Waals surface area contributed by atoms with Crippen molar-refractivity contribution in [2.45, 2.75) is 0 Å². The Labute approximate surface area is 91.8 Å². The van der Waals surface area contributed by atoms with E-state index in [1.165, 1.54) is 0 Å². The predicted molar refractivity (Wildman–Crippen MR) is 57.0 cm³/mol. The van der Waals surface area contributed by atoms with E-state index in [2.05, 4.69) is 38.5 Å². The SMILES string of the molecule is N#Cc1cc(I)c(Br)c(C=O)c1. The zero-order valence-corrected chi connectivity index (χ0v) is 9.59. The van der Waals surface area contributed by atoms with E-state index in [-0.39, 0.29) is 0 Å². The molecule has 1 rings (SSSR count). The highest BCUT2D eigenvalue weighted by atomic mass is 127. The quantitative estimate of drug-likeness (QED) is 0.585. The molecule has 2 nitrogen and oxygen atoms in total. The summed E-state index contributed by atoms with van der Waals surface area (Å²) in [6.45, 7) is 0. The number of benzene rings is 1. The van der Waals surface area contributed by atoms with Gasteiger partial charge in [-0.3, -0.25) is 4.79 Å². The first-order chi connectivity index (χ1) is 5.69. The molecule has 12 heavy (non-hydrogen) atoms. The van der Waals surface area contributed by atoms with Crippen LogP contribution in [0.25, 0.3) is 0 Å². The molecule has 0 heterocycles. The topological polar surface area (TPSA) is 40.9 Å². The lowest BCUT2D eigenvalue weighted by molar-refractivity contribution is 0.112. The highest BCUT2D eigenvalue weighted by Gasteiger charge is 2.04. The Morgan fingerprint density at radius 2 is 2.25 bits per heavy atom. The number of carbonyl (C=O) groups excluding carboxylic acids is 1. The van der Waals surface area contributed by atoms with Crippen LogP contribution in [0.2, 0.25) is 0 Å². The molecular formula is C8H3BrINO. The summed E-state index contributed by atoms with van der Waals surface area (Å²) in [6, 6.07) is 5.26. The van der Waals surface area contributed by atoms with Gasteiger partial charge in [0.15, 0.2) is 6.29 Å². The summed E-state index contributed by atoms with van der Waals surface area (Å²) in [6.07, 6.45) is 0.729. The van der Waals surface area contributed by atoms with Crippen LogP contribution >= 0.6 is 38.5 Å².